The number of rotatable bonds is 10. The third kappa shape index (κ3) is 8.14. The summed E-state index contributed by atoms with van der Waals surface area (Å²) in [6.07, 6.45) is 2.52. The minimum atomic E-state index is -2.95. The van der Waals surface area contributed by atoms with Crippen LogP contribution in [0.25, 0.3) is 0 Å². The molecule has 0 aliphatic carbocycles. The number of nitrogens with one attached hydrogen (secondary N) is 1. The number of halogens is 1. The van der Waals surface area contributed by atoms with Crippen LogP contribution in [0.4, 0.5) is 4.39 Å². The molecule has 21 heavy (non-hydrogen) atoms. The molecule has 0 spiro atoms. The molecule has 0 bridgehead atoms. The second-order valence-corrected chi connectivity index (χ2v) is 7.48. The zero-order chi connectivity index (χ0) is 15.7. The Balaban J connectivity index is 2.61. The average Bonchev–Trinajstić information content (AvgIpc) is 2.40. The summed E-state index contributed by atoms with van der Waals surface area (Å²) in [6, 6.07) is 6.49. The molecule has 0 aliphatic rings. The van der Waals surface area contributed by atoms with Gasteiger partial charge >= 0.3 is 0 Å². The van der Waals surface area contributed by atoms with Crippen molar-refractivity contribution in [2.75, 3.05) is 38.8 Å². The van der Waals surface area contributed by atoms with E-state index in [9.17, 15) is 12.8 Å². The summed E-state index contributed by atoms with van der Waals surface area (Å²) in [6.45, 7) is 2.00. The van der Waals surface area contributed by atoms with E-state index in [2.05, 4.69) is 5.32 Å². The molecule has 1 aromatic carbocycles. The van der Waals surface area contributed by atoms with Gasteiger partial charge in [0.05, 0.1) is 6.61 Å². The maximum absolute atomic E-state index is 13.3. The predicted octanol–water partition coefficient (Wildman–Crippen LogP) is 1.97. The number of hydrogen-bond donors (Lipinski definition) is 1. The predicted molar refractivity (Wildman–Crippen MR) is 82.8 cm³/mol. The van der Waals surface area contributed by atoms with Crippen molar-refractivity contribution in [3.8, 4) is 0 Å². The Morgan fingerprint density at radius 2 is 2.14 bits per heavy atom. The quantitative estimate of drug-likeness (QED) is 0.670. The molecule has 0 saturated carbocycles. The number of benzene rings is 1. The standard InChI is InChI=1S/C15H24FNO3S/c1-20-9-8-17-12-14(6-4-10-21(2,18)19)13-5-3-7-15(16)11-13/h3,5,7,11,14,17H,4,6,8-10,12H2,1-2H3. The summed E-state index contributed by atoms with van der Waals surface area (Å²) in [7, 11) is -1.32. The summed E-state index contributed by atoms with van der Waals surface area (Å²) in [4.78, 5) is 0. The minimum absolute atomic E-state index is 0.0966. The molecule has 1 aromatic rings. The Labute approximate surface area is 126 Å². The van der Waals surface area contributed by atoms with Gasteiger partial charge in [0.15, 0.2) is 0 Å². The smallest absolute Gasteiger partial charge is 0.147 e. The second-order valence-electron chi connectivity index (χ2n) is 5.22. The SMILES string of the molecule is COCCNCC(CCCS(C)(=O)=O)c1cccc(F)c1. The first kappa shape index (κ1) is 18.1. The van der Waals surface area contributed by atoms with Gasteiger partial charge in [0.25, 0.3) is 0 Å². The molecule has 0 saturated heterocycles. The Kier molecular flexibility index (Phi) is 7.85. The van der Waals surface area contributed by atoms with Gasteiger partial charge in [0, 0.05) is 32.2 Å². The number of ether oxygens (including phenoxy) is 1. The van der Waals surface area contributed by atoms with E-state index in [-0.39, 0.29) is 17.5 Å². The second kappa shape index (κ2) is 9.12. The zero-order valence-corrected chi connectivity index (χ0v) is 13.5. The van der Waals surface area contributed by atoms with Crippen LogP contribution in [0, 0.1) is 5.82 Å². The van der Waals surface area contributed by atoms with E-state index in [0.717, 1.165) is 5.56 Å². The molecule has 0 fully saturated rings. The topological polar surface area (TPSA) is 55.4 Å². The van der Waals surface area contributed by atoms with E-state index in [1.807, 2.05) is 6.07 Å². The number of sulfone groups is 1. The third-order valence-corrected chi connectivity index (χ3v) is 4.29. The van der Waals surface area contributed by atoms with Gasteiger partial charge in [-0.1, -0.05) is 12.1 Å². The van der Waals surface area contributed by atoms with Gasteiger partial charge in [-0.25, -0.2) is 12.8 Å². The summed E-state index contributed by atoms with van der Waals surface area (Å²) >= 11 is 0. The highest BCUT2D eigenvalue weighted by Gasteiger charge is 2.13. The van der Waals surface area contributed by atoms with Crippen LogP contribution in [0.15, 0.2) is 24.3 Å². The number of hydrogen-bond acceptors (Lipinski definition) is 4. The molecule has 1 atom stereocenters. The fraction of sp³-hybridized carbons (Fsp3) is 0.600. The minimum Gasteiger partial charge on any atom is -0.383 e. The van der Waals surface area contributed by atoms with Crippen molar-refractivity contribution in [1.29, 1.82) is 0 Å². The van der Waals surface area contributed by atoms with E-state index >= 15 is 0 Å². The van der Waals surface area contributed by atoms with Crippen molar-refractivity contribution in [1.82, 2.24) is 5.32 Å². The molecule has 0 aromatic heterocycles. The lowest BCUT2D eigenvalue weighted by Crippen LogP contribution is -2.25. The maximum atomic E-state index is 13.3. The van der Waals surface area contributed by atoms with Gasteiger partial charge in [0.1, 0.15) is 15.7 Å². The first-order valence-electron chi connectivity index (χ1n) is 7.05. The third-order valence-electron chi connectivity index (χ3n) is 3.26. The molecule has 1 N–H and O–H groups in total. The van der Waals surface area contributed by atoms with E-state index in [1.165, 1.54) is 18.4 Å². The molecular weight excluding hydrogens is 293 g/mol. The van der Waals surface area contributed by atoms with Gasteiger partial charge in [-0.05, 0) is 36.5 Å². The highest BCUT2D eigenvalue weighted by atomic mass is 32.2. The summed E-state index contributed by atoms with van der Waals surface area (Å²) in [5.74, 6) is -0.00604. The summed E-state index contributed by atoms with van der Waals surface area (Å²) in [5.41, 5.74) is 0.897. The Morgan fingerprint density at radius 1 is 1.38 bits per heavy atom. The van der Waals surface area contributed by atoms with Crippen molar-refractivity contribution in [2.45, 2.75) is 18.8 Å². The summed E-state index contributed by atoms with van der Waals surface area (Å²) < 4.78 is 40.7. The largest absolute Gasteiger partial charge is 0.383 e. The Morgan fingerprint density at radius 3 is 2.76 bits per heavy atom. The van der Waals surface area contributed by atoms with Crippen LogP contribution in [-0.4, -0.2) is 47.2 Å². The van der Waals surface area contributed by atoms with Crippen molar-refractivity contribution >= 4 is 9.84 Å². The first-order chi connectivity index (χ1) is 9.92. The van der Waals surface area contributed by atoms with E-state index in [1.54, 1.807) is 13.2 Å². The average molecular weight is 317 g/mol. The molecular formula is C15H24FNO3S. The number of methoxy groups -OCH3 is 1. The molecule has 0 heterocycles. The van der Waals surface area contributed by atoms with Crippen LogP contribution in [0.1, 0.15) is 24.3 Å². The highest BCUT2D eigenvalue weighted by Crippen LogP contribution is 2.21. The van der Waals surface area contributed by atoms with Gasteiger partial charge in [0.2, 0.25) is 0 Å². The van der Waals surface area contributed by atoms with Crippen LogP contribution >= 0.6 is 0 Å². The van der Waals surface area contributed by atoms with Crippen molar-refractivity contribution < 1.29 is 17.5 Å². The molecule has 6 heteroatoms. The van der Waals surface area contributed by atoms with Crippen molar-refractivity contribution in [2.24, 2.45) is 0 Å². The van der Waals surface area contributed by atoms with Crippen molar-refractivity contribution in [3.63, 3.8) is 0 Å². The molecule has 0 radical (unpaired) electrons. The van der Waals surface area contributed by atoms with Crippen LogP contribution in [0.5, 0.6) is 0 Å². The van der Waals surface area contributed by atoms with Crippen molar-refractivity contribution in [3.05, 3.63) is 35.6 Å². The highest BCUT2D eigenvalue weighted by molar-refractivity contribution is 7.90. The van der Waals surface area contributed by atoms with Gasteiger partial charge in [-0.2, -0.15) is 0 Å². The monoisotopic (exact) mass is 317 g/mol. The van der Waals surface area contributed by atoms with Gasteiger partial charge in [-0.3, -0.25) is 0 Å². The molecule has 4 nitrogen and oxygen atoms in total. The molecule has 1 unspecified atom stereocenters. The Bertz CT molecular complexity index is 519. The fourth-order valence-corrected chi connectivity index (χ4v) is 2.88. The molecule has 0 amide bonds. The molecule has 0 aliphatic heterocycles. The van der Waals surface area contributed by atoms with Crippen LogP contribution in [0.2, 0.25) is 0 Å². The first-order valence-corrected chi connectivity index (χ1v) is 9.11. The Hall–Kier alpha value is -0.980. The maximum Gasteiger partial charge on any atom is 0.147 e. The van der Waals surface area contributed by atoms with Crippen LogP contribution < -0.4 is 5.32 Å². The van der Waals surface area contributed by atoms with Crippen LogP contribution in [0.3, 0.4) is 0 Å². The molecule has 120 valence electrons. The van der Waals surface area contributed by atoms with E-state index < -0.39 is 9.84 Å². The lowest BCUT2D eigenvalue weighted by molar-refractivity contribution is 0.198. The molecule has 1 rings (SSSR count). The van der Waals surface area contributed by atoms with Gasteiger partial charge < -0.3 is 10.1 Å². The fourth-order valence-electron chi connectivity index (χ4n) is 2.19. The lowest BCUT2D eigenvalue weighted by atomic mass is 9.94. The normalized spacial score (nSPS) is 13.3. The van der Waals surface area contributed by atoms with Gasteiger partial charge in [-0.15, -0.1) is 0 Å². The van der Waals surface area contributed by atoms with E-state index in [0.29, 0.717) is 32.5 Å². The summed E-state index contributed by atoms with van der Waals surface area (Å²) in [5, 5.41) is 3.26. The zero-order valence-electron chi connectivity index (χ0n) is 12.6. The lowest BCUT2D eigenvalue weighted by Gasteiger charge is -2.18. The van der Waals surface area contributed by atoms with Crippen LogP contribution in [-0.2, 0) is 14.6 Å². The van der Waals surface area contributed by atoms with E-state index in [4.69, 9.17) is 4.74 Å².